The van der Waals surface area contributed by atoms with Crippen molar-refractivity contribution in [3.63, 3.8) is 0 Å². The van der Waals surface area contributed by atoms with Gasteiger partial charge < -0.3 is 10.6 Å². The number of hydrogen-bond acceptors (Lipinski definition) is 4. The summed E-state index contributed by atoms with van der Waals surface area (Å²) in [6, 6.07) is 13.3. The van der Waals surface area contributed by atoms with Crippen molar-refractivity contribution in [3.05, 3.63) is 81.6 Å². The number of thiazole rings is 1. The Labute approximate surface area is 156 Å². The first kappa shape index (κ1) is 18.2. The molecule has 0 aliphatic heterocycles. The van der Waals surface area contributed by atoms with Crippen LogP contribution in [-0.2, 0) is 6.54 Å². The minimum atomic E-state index is -0.361. The molecule has 0 bridgehead atoms. The normalized spacial score (nSPS) is 12.0. The molecule has 0 spiro atoms. The fourth-order valence-electron chi connectivity index (χ4n) is 2.52. The lowest BCUT2D eigenvalue weighted by Gasteiger charge is -2.14. The summed E-state index contributed by atoms with van der Waals surface area (Å²) in [6.07, 6.45) is 0. The van der Waals surface area contributed by atoms with Crippen LogP contribution in [-0.4, -0.2) is 10.9 Å². The topological polar surface area (TPSA) is 54.0 Å². The average molecular weight is 369 g/mol. The van der Waals surface area contributed by atoms with E-state index in [1.807, 2.05) is 31.2 Å². The molecule has 0 aliphatic rings. The molecule has 4 nitrogen and oxygen atoms in total. The molecular formula is C20H20FN3OS. The maximum Gasteiger partial charge on any atom is 0.255 e. The molecule has 0 saturated heterocycles. The molecule has 1 heterocycles. The number of carbonyl (C=O) groups excluding carboxylic acids is 1. The predicted octanol–water partition coefficient (Wildman–Crippen LogP) is 4.69. The third kappa shape index (κ3) is 4.74. The van der Waals surface area contributed by atoms with Gasteiger partial charge in [-0.3, -0.25) is 4.79 Å². The Kier molecular flexibility index (Phi) is 5.75. The molecule has 1 amide bonds. The standard InChI is InChI=1S/C20H20FN3OS/c1-13(22-11-19-12-26-14(2)23-19)15-5-9-18(10-6-15)24-20(25)16-3-7-17(21)8-4-16/h3-10,12-13,22H,11H2,1-2H3,(H,24,25). The lowest BCUT2D eigenvalue weighted by Crippen LogP contribution is -2.18. The molecule has 6 heteroatoms. The van der Waals surface area contributed by atoms with Crippen LogP contribution in [0, 0.1) is 12.7 Å². The summed E-state index contributed by atoms with van der Waals surface area (Å²) in [7, 11) is 0. The number of aryl methyl sites for hydroxylation is 1. The van der Waals surface area contributed by atoms with E-state index in [4.69, 9.17) is 0 Å². The van der Waals surface area contributed by atoms with Crippen LogP contribution in [0.15, 0.2) is 53.9 Å². The van der Waals surface area contributed by atoms with Gasteiger partial charge in [0.15, 0.2) is 0 Å². The average Bonchev–Trinajstić information content (AvgIpc) is 3.06. The second kappa shape index (κ2) is 8.21. The van der Waals surface area contributed by atoms with Crippen molar-refractivity contribution >= 4 is 22.9 Å². The van der Waals surface area contributed by atoms with Gasteiger partial charge in [-0.15, -0.1) is 11.3 Å². The molecule has 0 aliphatic carbocycles. The molecule has 1 unspecified atom stereocenters. The van der Waals surface area contributed by atoms with Crippen LogP contribution in [0.25, 0.3) is 0 Å². The van der Waals surface area contributed by atoms with E-state index in [-0.39, 0.29) is 17.8 Å². The van der Waals surface area contributed by atoms with E-state index in [2.05, 4.69) is 27.9 Å². The summed E-state index contributed by atoms with van der Waals surface area (Å²) in [5, 5.41) is 9.38. The molecule has 0 fully saturated rings. The maximum absolute atomic E-state index is 12.9. The predicted molar refractivity (Wildman–Crippen MR) is 103 cm³/mol. The number of aromatic nitrogens is 1. The van der Waals surface area contributed by atoms with E-state index in [9.17, 15) is 9.18 Å². The summed E-state index contributed by atoms with van der Waals surface area (Å²) in [5.41, 5.74) is 3.29. The van der Waals surface area contributed by atoms with Crippen molar-refractivity contribution in [2.24, 2.45) is 0 Å². The van der Waals surface area contributed by atoms with Gasteiger partial charge in [0, 0.05) is 29.2 Å². The highest BCUT2D eigenvalue weighted by Gasteiger charge is 2.09. The van der Waals surface area contributed by atoms with Crippen LogP contribution in [0.1, 0.15) is 39.6 Å². The molecule has 1 atom stereocenters. The fraction of sp³-hybridized carbons (Fsp3) is 0.200. The molecule has 1 aromatic heterocycles. The summed E-state index contributed by atoms with van der Waals surface area (Å²) >= 11 is 1.65. The SMILES string of the molecule is Cc1nc(CNC(C)c2ccc(NC(=O)c3ccc(F)cc3)cc2)cs1. The van der Waals surface area contributed by atoms with Gasteiger partial charge in [-0.05, 0) is 55.8 Å². The van der Waals surface area contributed by atoms with Gasteiger partial charge in [-0.25, -0.2) is 9.37 Å². The summed E-state index contributed by atoms with van der Waals surface area (Å²) < 4.78 is 12.9. The largest absolute Gasteiger partial charge is 0.322 e. The second-order valence-electron chi connectivity index (χ2n) is 6.04. The van der Waals surface area contributed by atoms with E-state index in [0.29, 0.717) is 17.8 Å². The van der Waals surface area contributed by atoms with Crippen LogP contribution in [0.4, 0.5) is 10.1 Å². The quantitative estimate of drug-likeness (QED) is 0.662. The first-order chi connectivity index (χ1) is 12.5. The van der Waals surface area contributed by atoms with Gasteiger partial charge in [0.1, 0.15) is 5.82 Å². The number of carbonyl (C=O) groups is 1. The van der Waals surface area contributed by atoms with Crippen molar-refractivity contribution in [2.75, 3.05) is 5.32 Å². The van der Waals surface area contributed by atoms with Crippen LogP contribution < -0.4 is 10.6 Å². The zero-order chi connectivity index (χ0) is 18.5. The number of halogens is 1. The van der Waals surface area contributed by atoms with Crippen LogP contribution in [0.3, 0.4) is 0 Å². The Morgan fingerprint density at radius 3 is 2.46 bits per heavy atom. The van der Waals surface area contributed by atoms with E-state index >= 15 is 0 Å². The van der Waals surface area contributed by atoms with Gasteiger partial charge in [0.2, 0.25) is 0 Å². The van der Waals surface area contributed by atoms with Crippen molar-refractivity contribution in [1.29, 1.82) is 0 Å². The maximum atomic E-state index is 12.9. The minimum absolute atomic E-state index is 0.166. The third-order valence-electron chi connectivity index (χ3n) is 4.03. The molecule has 2 aromatic carbocycles. The number of amides is 1. The van der Waals surface area contributed by atoms with Crippen molar-refractivity contribution in [3.8, 4) is 0 Å². The van der Waals surface area contributed by atoms with Crippen molar-refractivity contribution < 1.29 is 9.18 Å². The molecule has 26 heavy (non-hydrogen) atoms. The van der Waals surface area contributed by atoms with Crippen LogP contribution >= 0.6 is 11.3 Å². The van der Waals surface area contributed by atoms with Crippen molar-refractivity contribution in [2.45, 2.75) is 26.4 Å². The minimum Gasteiger partial charge on any atom is -0.322 e. The number of rotatable bonds is 6. The monoisotopic (exact) mass is 369 g/mol. The zero-order valence-corrected chi connectivity index (χ0v) is 15.4. The Bertz CT molecular complexity index is 875. The number of benzene rings is 2. The Hall–Kier alpha value is -2.57. The molecule has 134 valence electrons. The molecule has 0 radical (unpaired) electrons. The molecule has 2 N–H and O–H groups in total. The lowest BCUT2D eigenvalue weighted by molar-refractivity contribution is 0.102. The van der Waals surface area contributed by atoms with Crippen LogP contribution in [0.5, 0.6) is 0 Å². The van der Waals surface area contributed by atoms with Gasteiger partial charge in [0.05, 0.1) is 10.7 Å². The third-order valence-corrected chi connectivity index (χ3v) is 4.85. The molecule has 0 saturated carbocycles. The zero-order valence-electron chi connectivity index (χ0n) is 14.6. The van der Waals surface area contributed by atoms with Gasteiger partial charge in [-0.1, -0.05) is 12.1 Å². The number of nitrogens with zero attached hydrogens (tertiary/aromatic N) is 1. The summed E-state index contributed by atoms with van der Waals surface area (Å²) in [6.45, 7) is 4.80. The molecular weight excluding hydrogens is 349 g/mol. The summed E-state index contributed by atoms with van der Waals surface area (Å²) in [4.78, 5) is 16.6. The van der Waals surface area contributed by atoms with Gasteiger partial charge in [0.25, 0.3) is 5.91 Å². The Balaban J connectivity index is 1.57. The highest BCUT2D eigenvalue weighted by molar-refractivity contribution is 7.09. The van der Waals surface area contributed by atoms with Gasteiger partial charge in [-0.2, -0.15) is 0 Å². The number of hydrogen-bond donors (Lipinski definition) is 2. The molecule has 3 rings (SSSR count). The van der Waals surface area contributed by atoms with E-state index < -0.39 is 0 Å². The van der Waals surface area contributed by atoms with E-state index in [0.717, 1.165) is 16.3 Å². The van der Waals surface area contributed by atoms with Crippen LogP contribution in [0.2, 0.25) is 0 Å². The van der Waals surface area contributed by atoms with Crippen molar-refractivity contribution in [1.82, 2.24) is 10.3 Å². The lowest BCUT2D eigenvalue weighted by atomic mass is 10.1. The highest BCUT2D eigenvalue weighted by Crippen LogP contribution is 2.18. The van der Waals surface area contributed by atoms with E-state index in [1.54, 1.807) is 11.3 Å². The smallest absolute Gasteiger partial charge is 0.255 e. The first-order valence-corrected chi connectivity index (χ1v) is 9.20. The Morgan fingerprint density at radius 1 is 1.15 bits per heavy atom. The molecule has 3 aromatic rings. The van der Waals surface area contributed by atoms with E-state index in [1.165, 1.54) is 24.3 Å². The van der Waals surface area contributed by atoms with Gasteiger partial charge >= 0.3 is 0 Å². The number of anilines is 1. The number of nitrogens with one attached hydrogen (secondary N) is 2. The highest BCUT2D eigenvalue weighted by atomic mass is 32.1. The Morgan fingerprint density at radius 2 is 1.85 bits per heavy atom. The fourth-order valence-corrected chi connectivity index (χ4v) is 3.14. The summed E-state index contributed by atoms with van der Waals surface area (Å²) in [5.74, 6) is -0.622. The second-order valence-corrected chi connectivity index (χ2v) is 7.11. The first-order valence-electron chi connectivity index (χ1n) is 8.32.